The van der Waals surface area contributed by atoms with Crippen molar-refractivity contribution in [1.29, 1.82) is 0 Å². The molecule has 0 saturated carbocycles. The van der Waals surface area contributed by atoms with Gasteiger partial charge in [0.15, 0.2) is 11.6 Å². The highest BCUT2D eigenvalue weighted by atomic mass is 35.5. The van der Waals surface area contributed by atoms with Crippen LogP contribution in [0.1, 0.15) is 23.9 Å². The van der Waals surface area contributed by atoms with E-state index in [9.17, 15) is 13.2 Å². The van der Waals surface area contributed by atoms with Crippen LogP contribution in [0.4, 0.5) is 13.2 Å². The van der Waals surface area contributed by atoms with Crippen LogP contribution in [0.3, 0.4) is 0 Å². The molecule has 0 fully saturated rings. The highest BCUT2D eigenvalue weighted by Gasteiger charge is 2.34. The van der Waals surface area contributed by atoms with Crippen molar-refractivity contribution >= 4 is 29.0 Å². The van der Waals surface area contributed by atoms with Gasteiger partial charge in [0, 0.05) is 22.6 Å². The second-order valence-electron chi connectivity index (χ2n) is 6.27. The summed E-state index contributed by atoms with van der Waals surface area (Å²) in [5.74, 6) is 0.601. The van der Waals surface area contributed by atoms with Crippen molar-refractivity contribution in [2.45, 2.75) is 18.9 Å². The number of nitrogens with one attached hydrogen (secondary N) is 1. The Balaban J connectivity index is 1.54. The summed E-state index contributed by atoms with van der Waals surface area (Å²) in [7, 11) is 0. The van der Waals surface area contributed by atoms with Gasteiger partial charge in [-0.25, -0.2) is 4.98 Å². The summed E-state index contributed by atoms with van der Waals surface area (Å²) in [6.07, 6.45) is -1.65. The molecule has 2 aromatic carbocycles. The number of rotatable bonds is 4. The zero-order valence-corrected chi connectivity index (χ0v) is 16.1. The van der Waals surface area contributed by atoms with Crippen LogP contribution in [0.15, 0.2) is 54.7 Å². The highest BCUT2D eigenvalue weighted by Crippen LogP contribution is 2.40. The van der Waals surface area contributed by atoms with Crippen molar-refractivity contribution < 1.29 is 22.6 Å². The summed E-state index contributed by atoms with van der Waals surface area (Å²) < 4.78 is 48.0. The first-order valence-corrected chi connectivity index (χ1v) is 9.28. The number of nitrogens with zero attached hydrogens (tertiary/aromatic N) is 1. The molecule has 1 aliphatic rings. The van der Waals surface area contributed by atoms with Crippen LogP contribution in [-0.4, -0.2) is 16.3 Å². The van der Waals surface area contributed by atoms with Gasteiger partial charge in [0.2, 0.25) is 0 Å². The lowest BCUT2D eigenvalue weighted by atomic mass is 10.1. The lowest BCUT2D eigenvalue weighted by Crippen LogP contribution is -2.18. The Morgan fingerprint density at radius 3 is 2.69 bits per heavy atom. The fraction of sp³-hybridized carbons (Fsp3) is 0.150. The topological polar surface area (TPSA) is 47.1 Å². The van der Waals surface area contributed by atoms with E-state index in [1.807, 2.05) is 0 Å². The van der Waals surface area contributed by atoms with Gasteiger partial charge in [0.25, 0.3) is 0 Å². The van der Waals surface area contributed by atoms with Crippen molar-refractivity contribution in [3.05, 3.63) is 76.2 Å². The second kappa shape index (κ2) is 7.65. The van der Waals surface area contributed by atoms with Gasteiger partial charge < -0.3 is 14.5 Å². The quantitative estimate of drug-likeness (QED) is 0.485. The van der Waals surface area contributed by atoms with Gasteiger partial charge >= 0.3 is 6.36 Å². The summed E-state index contributed by atoms with van der Waals surface area (Å²) in [6, 6.07) is 11.0. The molecule has 0 saturated heterocycles. The monoisotopic (exact) mass is 440 g/mol. The summed E-state index contributed by atoms with van der Waals surface area (Å²) >= 11 is 12.1. The molecule has 1 atom stereocenters. The third kappa shape index (κ3) is 4.36. The predicted octanol–water partition coefficient (Wildman–Crippen LogP) is 6.78. The first-order valence-electron chi connectivity index (χ1n) is 8.52. The summed E-state index contributed by atoms with van der Waals surface area (Å²) in [6.45, 7) is 0. The Kier molecular flexibility index (Phi) is 5.19. The van der Waals surface area contributed by atoms with Gasteiger partial charge in [-0.05, 0) is 30.3 Å². The molecule has 0 spiro atoms. The summed E-state index contributed by atoms with van der Waals surface area (Å²) in [4.78, 5) is 7.41. The highest BCUT2D eigenvalue weighted by molar-refractivity contribution is 6.36. The van der Waals surface area contributed by atoms with E-state index < -0.39 is 12.5 Å². The van der Waals surface area contributed by atoms with Crippen molar-refractivity contribution in [2.24, 2.45) is 0 Å². The molecule has 1 aromatic heterocycles. The Hall–Kier alpha value is -2.64. The standard InChI is InChI=1S/C20H13Cl2F3N2O2/c21-11-5-6-12(14(22)9-11)15-10-26-19(27-15)18-8-7-16(28-18)13-3-1-2-4-17(13)29-20(23,24)25/h1-6,8-10,16H,7H2,(H,26,27). The zero-order chi connectivity index (χ0) is 20.6. The minimum absolute atomic E-state index is 0.285. The zero-order valence-electron chi connectivity index (χ0n) is 14.6. The molecule has 4 nitrogen and oxygen atoms in total. The van der Waals surface area contributed by atoms with Crippen molar-refractivity contribution in [2.75, 3.05) is 0 Å². The van der Waals surface area contributed by atoms with Crippen molar-refractivity contribution in [1.82, 2.24) is 9.97 Å². The van der Waals surface area contributed by atoms with Gasteiger partial charge in [-0.3, -0.25) is 0 Å². The number of benzene rings is 2. The third-order valence-corrected chi connectivity index (χ3v) is 4.86. The fourth-order valence-corrected chi connectivity index (χ4v) is 3.57. The van der Waals surface area contributed by atoms with Crippen LogP contribution in [0.25, 0.3) is 17.0 Å². The molecule has 2 heterocycles. The largest absolute Gasteiger partial charge is 0.573 e. The number of aromatic nitrogens is 2. The number of hydrogen-bond donors (Lipinski definition) is 1. The number of para-hydroxylation sites is 1. The van der Waals surface area contributed by atoms with E-state index >= 15 is 0 Å². The molecule has 150 valence electrons. The van der Waals surface area contributed by atoms with E-state index in [1.54, 1.807) is 42.6 Å². The third-order valence-electron chi connectivity index (χ3n) is 4.31. The van der Waals surface area contributed by atoms with Crippen LogP contribution in [0.5, 0.6) is 5.75 Å². The number of ether oxygens (including phenoxy) is 2. The molecule has 1 N–H and O–H groups in total. The molecule has 0 aliphatic carbocycles. The number of alkyl halides is 3. The molecule has 3 aromatic rings. The Morgan fingerprint density at radius 2 is 1.93 bits per heavy atom. The molecule has 1 unspecified atom stereocenters. The average molecular weight is 441 g/mol. The lowest BCUT2D eigenvalue weighted by Gasteiger charge is -2.18. The Morgan fingerprint density at radius 1 is 1.14 bits per heavy atom. The van der Waals surface area contributed by atoms with E-state index in [-0.39, 0.29) is 5.75 Å². The SMILES string of the molecule is FC(F)(F)Oc1ccccc1C1CC=C(c2ncc(-c3ccc(Cl)cc3Cl)[nH]2)O1. The van der Waals surface area contributed by atoms with Gasteiger partial charge in [-0.1, -0.05) is 41.4 Å². The van der Waals surface area contributed by atoms with E-state index in [0.717, 1.165) is 0 Å². The van der Waals surface area contributed by atoms with Crippen LogP contribution >= 0.6 is 23.2 Å². The molecule has 0 bridgehead atoms. The van der Waals surface area contributed by atoms with Gasteiger partial charge in [0.05, 0.1) is 16.9 Å². The normalized spacial score (nSPS) is 16.4. The molecule has 4 rings (SSSR count). The first-order chi connectivity index (χ1) is 13.8. The number of H-pyrrole nitrogens is 1. The maximum atomic E-state index is 12.7. The predicted molar refractivity (Wildman–Crippen MR) is 104 cm³/mol. The average Bonchev–Trinajstić information content (AvgIpc) is 3.30. The first kappa shape index (κ1) is 19.7. The van der Waals surface area contributed by atoms with E-state index in [0.29, 0.717) is 44.9 Å². The number of halogens is 5. The van der Waals surface area contributed by atoms with E-state index in [4.69, 9.17) is 27.9 Å². The van der Waals surface area contributed by atoms with Gasteiger partial charge in [-0.15, -0.1) is 13.2 Å². The Labute approximate surface area is 173 Å². The summed E-state index contributed by atoms with van der Waals surface area (Å²) in [5.41, 5.74) is 1.69. The molecule has 1 aliphatic heterocycles. The maximum Gasteiger partial charge on any atom is 0.573 e. The molecule has 0 amide bonds. The number of imidazole rings is 1. The molecular formula is C20H13Cl2F3N2O2. The minimum atomic E-state index is -4.78. The van der Waals surface area contributed by atoms with Crippen LogP contribution in [-0.2, 0) is 4.74 Å². The molecule has 0 radical (unpaired) electrons. The minimum Gasteiger partial charge on any atom is -0.482 e. The molecular weight excluding hydrogens is 428 g/mol. The Bertz CT molecular complexity index is 1080. The number of hydrogen-bond acceptors (Lipinski definition) is 3. The van der Waals surface area contributed by atoms with Crippen molar-refractivity contribution in [3.63, 3.8) is 0 Å². The fourth-order valence-electron chi connectivity index (χ4n) is 3.06. The van der Waals surface area contributed by atoms with Crippen LogP contribution in [0, 0.1) is 0 Å². The summed E-state index contributed by atoms with van der Waals surface area (Å²) in [5, 5.41) is 0.980. The number of aromatic amines is 1. The van der Waals surface area contributed by atoms with Crippen LogP contribution < -0.4 is 4.74 Å². The lowest BCUT2D eigenvalue weighted by molar-refractivity contribution is -0.275. The van der Waals surface area contributed by atoms with E-state index in [2.05, 4.69) is 14.7 Å². The smallest absolute Gasteiger partial charge is 0.482 e. The van der Waals surface area contributed by atoms with Crippen molar-refractivity contribution in [3.8, 4) is 17.0 Å². The molecule has 29 heavy (non-hydrogen) atoms. The van der Waals surface area contributed by atoms with Gasteiger partial charge in [-0.2, -0.15) is 0 Å². The second-order valence-corrected chi connectivity index (χ2v) is 7.11. The molecule has 9 heteroatoms. The van der Waals surface area contributed by atoms with Gasteiger partial charge in [0.1, 0.15) is 11.9 Å². The van der Waals surface area contributed by atoms with Crippen LogP contribution in [0.2, 0.25) is 10.0 Å². The van der Waals surface area contributed by atoms with E-state index in [1.165, 1.54) is 12.1 Å². The maximum absolute atomic E-state index is 12.7.